The van der Waals surface area contributed by atoms with E-state index in [9.17, 15) is 19.8 Å². The molecule has 1 aliphatic rings. The summed E-state index contributed by atoms with van der Waals surface area (Å²) >= 11 is 0. The summed E-state index contributed by atoms with van der Waals surface area (Å²) in [6.45, 7) is 0. The van der Waals surface area contributed by atoms with Gasteiger partial charge in [0.25, 0.3) is 11.7 Å². The number of nitrogens with zero attached hydrogens (tertiary/aromatic N) is 1. The molecule has 0 saturated carbocycles. The Morgan fingerprint density at radius 3 is 2.22 bits per heavy atom. The van der Waals surface area contributed by atoms with E-state index in [0.717, 1.165) is 0 Å². The number of hydrogen-bond acceptors (Lipinski definition) is 6. The third kappa shape index (κ3) is 3.08. The van der Waals surface area contributed by atoms with Gasteiger partial charge in [0.2, 0.25) is 0 Å². The number of phenolic OH excluding ortho intramolecular Hbond substituents is 1. The lowest BCUT2D eigenvalue weighted by atomic mass is 9.95. The number of methoxy groups -OCH3 is 2. The second kappa shape index (κ2) is 7.03. The van der Waals surface area contributed by atoms with Crippen LogP contribution in [-0.2, 0) is 9.59 Å². The first-order valence-electron chi connectivity index (χ1n) is 8.15. The van der Waals surface area contributed by atoms with Gasteiger partial charge in [0, 0.05) is 12.6 Å². The van der Waals surface area contributed by atoms with Crippen LogP contribution in [0, 0.1) is 0 Å². The third-order valence-corrected chi connectivity index (χ3v) is 4.54. The maximum Gasteiger partial charge on any atom is 0.295 e. The van der Waals surface area contributed by atoms with Crippen LogP contribution < -0.4 is 9.47 Å². The number of likely N-dealkylation sites (tertiary alicyclic amines) is 1. The van der Waals surface area contributed by atoms with Gasteiger partial charge in [-0.25, -0.2) is 0 Å². The zero-order chi connectivity index (χ0) is 19.7. The van der Waals surface area contributed by atoms with Crippen molar-refractivity contribution in [2.75, 3.05) is 21.3 Å². The Morgan fingerprint density at radius 1 is 1.00 bits per heavy atom. The van der Waals surface area contributed by atoms with Gasteiger partial charge in [-0.3, -0.25) is 9.59 Å². The maximum absolute atomic E-state index is 12.5. The Balaban J connectivity index is 2.16. The number of ether oxygens (including phenoxy) is 2. The molecule has 27 heavy (non-hydrogen) atoms. The number of aliphatic hydroxyl groups is 1. The van der Waals surface area contributed by atoms with Crippen LogP contribution >= 0.6 is 0 Å². The van der Waals surface area contributed by atoms with Gasteiger partial charge in [-0.1, -0.05) is 12.1 Å². The number of carbonyl (C=O) groups excluding carboxylic acids is 2. The molecule has 2 aromatic rings. The molecule has 1 heterocycles. The molecule has 0 aliphatic carbocycles. The van der Waals surface area contributed by atoms with Gasteiger partial charge < -0.3 is 24.6 Å². The van der Waals surface area contributed by atoms with Gasteiger partial charge in [0.15, 0.2) is 11.5 Å². The number of amides is 1. The number of hydrogen-bond donors (Lipinski definition) is 2. The van der Waals surface area contributed by atoms with Crippen LogP contribution in [-0.4, -0.2) is 48.1 Å². The topological polar surface area (TPSA) is 96.3 Å². The van der Waals surface area contributed by atoms with E-state index >= 15 is 0 Å². The van der Waals surface area contributed by atoms with Crippen LogP contribution in [0.25, 0.3) is 5.76 Å². The second-order valence-corrected chi connectivity index (χ2v) is 6.07. The van der Waals surface area contributed by atoms with E-state index in [2.05, 4.69) is 0 Å². The average Bonchev–Trinajstić information content (AvgIpc) is 2.91. The SMILES string of the molecule is COc1ccc(C(O)=C2C(=O)C(=O)N(C)[C@@H]2c2ccc(O)cc2)cc1OC. The summed E-state index contributed by atoms with van der Waals surface area (Å²) in [6, 6.07) is 10.1. The van der Waals surface area contributed by atoms with Gasteiger partial charge in [-0.15, -0.1) is 0 Å². The molecule has 0 spiro atoms. The van der Waals surface area contributed by atoms with Crippen LogP contribution in [0.15, 0.2) is 48.0 Å². The van der Waals surface area contributed by atoms with Gasteiger partial charge in [-0.05, 0) is 35.9 Å². The first-order valence-corrected chi connectivity index (χ1v) is 8.15. The van der Waals surface area contributed by atoms with E-state index in [0.29, 0.717) is 22.6 Å². The fourth-order valence-electron chi connectivity index (χ4n) is 3.13. The van der Waals surface area contributed by atoms with Crippen LogP contribution in [0.5, 0.6) is 17.2 Å². The number of phenols is 1. The van der Waals surface area contributed by atoms with Crippen molar-refractivity contribution in [3.8, 4) is 17.2 Å². The summed E-state index contributed by atoms with van der Waals surface area (Å²) in [7, 11) is 4.45. The first kappa shape index (κ1) is 18.3. The molecule has 0 radical (unpaired) electrons. The molecule has 2 N–H and O–H groups in total. The standard InChI is InChI=1S/C20H19NO6/c1-21-17(11-4-7-13(22)8-5-11)16(19(24)20(21)25)18(23)12-6-9-14(26-2)15(10-12)27-3/h4-10,17,22-23H,1-3H3/t17-/m1/s1. The molecule has 1 atom stereocenters. The van der Waals surface area contributed by atoms with Crippen LogP contribution in [0.4, 0.5) is 0 Å². The molecule has 1 aliphatic heterocycles. The summed E-state index contributed by atoms with van der Waals surface area (Å²) < 4.78 is 10.4. The minimum Gasteiger partial charge on any atom is -0.508 e. The summed E-state index contributed by atoms with van der Waals surface area (Å²) in [6.07, 6.45) is 0. The Bertz CT molecular complexity index is 932. The van der Waals surface area contributed by atoms with Gasteiger partial charge >= 0.3 is 0 Å². The second-order valence-electron chi connectivity index (χ2n) is 6.07. The maximum atomic E-state index is 12.5. The monoisotopic (exact) mass is 369 g/mol. The Morgan fingerprint density at radius 2 is 1.63 bits per heavy atom. The van der Waals surface area contributed by atoms with E-state index in [1.165, 1.54) is 44.4 Å². The fraction of sp³-hybridized carbons (Fsp3) is 0.200. The molecule has 0 unspecified atom stereocenters. The molecule has 0 aromatic heterocycles. The number of benzene rings is 2. The predicted molar refractivity (Wildman–Crippen MR) is 97.7 cm³/mol. The summed E-state index contributed by atoms with van der Waals surface area (Å²) in [4.78, 5) is 26.1. The number of ketones is 1. The number of rotatable bonds is 4. The van der Waals surface area contributed by atoms with Crippen molar-refractivity contribution >= 4 is 17.4 Å². The highest BCUT2D eigenvalue weighted by molar-refractivity contribution is 6.46. The summed E-state index contributed by atoms with van der Waals surface area (Å²) in [5.74, 6) is -0.880. The van der Waals surface area contributed by atoms with Crippen molar-refractivity contribution in [2.24, 2.45) is 0 Å². The van der Waals surface area contributed by atoms with Crippen molar-refractivity contribution in [3.63, 3.8) is 0 Å². The summed E-state index contributed by atoms with van der Waals surface area (Å²) in [5.41, 5.74) is 0.889. The van der Waals surface area contributed by atoms with Crippen LogP contribution in [0.1, 0.15) is 17.2 Å². The molecule has 7 heteroatoms. The molecular weight excluding hydrogens is 350 g/mol. The van der Waals surface area contributed by atoms with Crippen molar-refractivity contribution in [1.29, 1.82) is 0 Å². The minimum absolute atomic E-state index is 0.0274. The van der Waals surface area contributed by atoms with Gasteiger partial charge in [0.05, 0.1) is 25.8 Å². The van der Waals surface area contributed by atoms with Crippen LogP contribution in [0.3, 0.4) is 0 Å². The van der Waals surface area contributed by atoms with E-state index < -0.39 is 17.7 Å². The van der Waals surface area contributed by atoms with Gasteiger partial charge in [-0.2, -0.15) is 0 Å². The fourth-order valence-corrected chi connectivity index (χ4v) is 3.13. The number of Topliss-reactive ketones (excluding diaryl/α,β-unsaturated/α-hetero) is 1. The van der Waals surface area contributed by atoms with Crippen LogP contribution in [0.2, 0.25) is 0 Å². The first-order chi connectivity index (χ1) is 12.9. The molecule has 3 rings (SSSR count). The molecule has 7 nitrogen and oxygen atoms in total. The lowest BCUT2D eigenvalue weighted by Crippen LogP contribution is -2.24. The quantitative estimate of drug-likeness (QED) is 0.488. The molecule has 1 fully saturated rings. The predicted octanol–water partition coefficient (Wildman–Crippen LogP) is 2.46. The average molecular weight is 369 g/mol. The highest BCUT2D eigenvalue weighted by Crippen LogP contribution is 2.40. The van der Waals surface area contributed by atoms with Gasteiger partial charge in [0.1, 0.15) is 11.5 Å². The molecule has 0 bridgehead atoms. The van der Waals surface area contributed by atoms with Crippen molar-refractivity contribution < 1.29 is 29.3 Å². The van der Waals surface area contributed by atoms with E-state index in [-0.39, 0.29) is 17.1 Å². The zero-order valence-corrected chi connectivity index (χ0v) is 15.1. The number of likely N-dealkylation sites (N-methyl/N-ethyl adjacent to an activating group) is 1. The molecule has 1 saturated heterocycles. The Kier molecular flexibility index (Phi) is 4.77. The zero-order valence-electron chi connectivity index (χ0n) is 15.1. The Labute approximate surface area is 156 Å². The highest BCUT2D eigenvalue weighted by atomic mass is 16.5. The largest absolute Gasteiger partial charge is 0.508 e. The molecule has 140 valence electrons. The number of aromatic hydroxyl groups is 1. The van der Waals surface area contributed by atoms with E-state index in [4.69, 9.17) is 9.47 Å². The molecular formula is C20H19NO6. The summed E-state index contributed by atoms with van der Waals surface area (Å²) in [5, 5.41) is 20.3. The minimum atomic E-state index is -0.775. The van der Waals surface area contributed by atoms with Crippen molar-refractivity contribution in [3.05, 3.63) is 59.2 Å². The molecule has 1 amide bonds. The van der Waals surface area contributed by atoms with Crippen molar-refractivity contribution in [2.45, 2.75) is 6.04 Å². The molecule has 2 aromatic carbocycles. The smallest absolute Gasteiger partial charge is 0.295 e. The third-order valence-electron chi connectivity index (χ3n) is 4.54. The number of aliphatic hydroxyl groups excluding tert-OH is 1. The van der Waals surface area contributed by atoms with E-state index in [1.807, 2.05) is 0 Å². The highest BCUT2D eigenvalue weighted by Gasteiger charge is 2.44. The lowest BCUT2D eigenvalue weighted by Gasteiger charge is -2.21. The Hall–Kier alpha value is -3.48. The normalized spacial score (nSPS) is 18.6. The number of carbonyl (C=O) groups is 2. The van der Waals surface area contributed by atoms with Crippen molar-refractivity contribution in [1.82, 2.24) is 4.90 Å². The van der Waals surface area contributed by atoms with E-state index in [1.54, 1.807) is 24.3 Å². The lowest BCUT2D eigenvalue weighted by molar-refractivity contribution is -0.139.